The molecule has 90 valence electrons. The predicted octanol–water partition coefficient (Wildman–Crippen LogP) is -0.238. The molecule has 16 heavy (non-hydrogen) atoms. The van der Waals surface area contributed by atoms with Gasteiger partial charge in [-0.3, -0.25) is 15.0 Å². The molecule has 1 N–H and O–H groups in total. The molecule has 1 rings (SSSR count). The van der Waals surface area contributed by atoms with Crippen LogP contribution in [0.4, 0.5) is 0 Å². The summed E-state index contributed by atoms with van der Waals surface area (Å²) in [5.41, 5.74) is 0. The standard InChI is InChI=1S/C12H21N3O/c1-4-5-13-10-12(16)15-8-6-14(7-9-15)11(2)3/h1,11,13H,5-10H2,2-3H3. The van der Waals surface area contributed by atoms with Crippen LogP contribution in [0.5, 0.6) is 0 Å². The van der Waals surface area contributed by atoms with Crippen LogP contribution in [0.25, 0.3) is 0 Å². The highest BCUT2D eigenvalue weighted by atomic mass is 16.2. The van der Waals surface area contributed by atoms with Gasteiger partial charge in [0.1, 0.15) is 0 Å². The fraction of sp³-hybridized carbons (Fsp3) is 0.750. The second-order valence-electron chi connectivity index (χ2n) is 4.32. The summed E-state index contributed by atoms with van der Waals surface area (Å²) < 4.78 is 0. The van der Waals surface area contributed by atoms with Crippen molar-refractivity contribution in [1.82, 2.24) is 15.1 Å². The van der Waals surface area contributed by atoms with Crippen LogP contribution in [0, 0.1) is 12.3 Å². The van der Waals surface area contributed by atoms with Crippen LogP contribution in [0.15, 0.2) is 0 Å². The first-order chi connectivity index (χ1) is 7.65. The second-order valence-corrected chi connectivity index (χ2v) is 4.32. The average molecular weight is 223 g/mol. The monoisotopic (exact) mass is 223 g/mol. The van der Waals surface area contributed by atoms with Crippen LogP contribution >= 0.6 is 0 Å². The maximum Gasteiger partial charge on any atom is 0.236 e. The zero-order chi connectivity index (χ0) is 12.0. The predicted molar refractivity (Wildman–Crippen MR) is 65.0 cm³/mol. The van der Waals surface area contributed by atoms with Gasteiger partial charge in [0.25, 0.3) is 0 Å². The van der Waals surface area contributed by atoms with Gasteiger partial charge in [0.05, 0.1) is 13.1 Å². The first-order valence-electron chi connectivity index (χ1n) is 5.81. The smallest absolute Gasteiger partial charge is 0.236 e. The van der Waals surface area contributed by atoms with E-state index in [0.29, 0.717) is 19.1 Å². The molecule has 0 radical (unpaired) electrons. The number of nitrogens with zero attached hydrogens (tertiary/aromatic N) is 2. The van der Waals surface area contributed by atoms with Crippen LogP contribution in [-0.4, -0.2) is 61.0 Å². The Morgan fingerprint density at radius 2 is 2.00 bits per heavy atom. The number of hydrogen-bond acceptors (Lipinski definition) is 3. The van der Waals surface area contributed by atoms with E-state index in [1.54, 1.807) is 0 Å². The Kier molecular flexibility index (Phi) is 5.30. The number of carbonyl (C=O) groups is 1. The molecule has 0 unspecified atom stereocenters. The van der Waals surface area contributed by atoms with Crippen LogP contribution < -0.4 is 5.32 Å². The van der Waals surface area contributed by atoms with Crippen LogP contribution in [0.3, 0.4) is 0 Å². The van der Waals surface area contributed by atoms with Gasteiger partial charge in [0, 0.05) is 32.2 Å². The van der Waals surface area contributed by atoms with Gasteiger partial charge in [-0.05, 0) is 13.8 Å². The highest BCUT2D eigenvalue weighted by molar-refractivity contribution is 5.78. The molecule has 0 atom stereocenters. The number of hydrogen-bond donors (Lipinski definition) is 1. The molecule has 0 aromatic carbocycles. The van der Waals surface area contributed by atoms with E-state index < -0.39 is 0 Å². The number of terminal acetylenes is 1. The number of amides is 1. The molecule has 0 saturated carbocycles. The fourth-order valence-electron chi connectivity index (χ4n) is 1.84. The van der Waals surface area contributed by atoms with Crippen molar-refractivity contribution in [2.24, 2.45) is 0 Å². The van der Waals surface area contributed by atoms with Crippen molar-refractivity contribution in [3.8, 4) is 12.3 Å². The summed E-state index contributed by atoms with van der Waals surface area (Å²) in [6, 6.07) is 0.566. The zero-order valence-corrected chi connectivity index (χ0v) is 10.2. The lowest BCUT2D eigenvalue weighted by atomic mass is 10.2. The third-order valence-electron chi connectivity index (χ3n) is 2.90. The van der Waals surface area contributed by atoms with Crippen molar-refractivity contribution in [3.05, 3.63) is 0 Å². The second kappa shape index (κ2) is 6.51. The summed E-state index contributed by atoms with van der Waals surface area (Å²) in [6.07, 6.45) is 5.10. The number of piperazine rings is 1. The molecule has 0 aromatic heterocycles. The highest BCUT2D eigenvalue weighted by Gasteiger charge is 2.21. The number of carbonyl (C=O) groups excluding carboxylic acids is 1. The molecule has 1 amide bonds. The summed E-state index contributed by atoms with van der Waals surface area (Å²) in [5, 5.41) is 2.93. The molecule has 0 spiro atoms. The molecule has 1 saturated heterocycles. The van der Waals surface area contributed by atoms with E-state index in [-0.39, 0.29) is 5.91 Å². The van der Waals surface area contributed by atoms with Gasteiger partial charge in [-0.25, -0.2) is 0 Å². The van der Waals surface area contributed by atoms with Gasteiger partial charge in [0.2, 0.25) is 5.91 Å². The van der Waals surface area contributed by atoms with Gasteiger partial charge in [0.15, 0.2) is 0 Å². The van der Waals surface area contributed by atoms with Gasteiger partial charge in [-0.2, -0.15) is 0 Å². The molecular formula is C12H21N3O. The SMILES string of the molecule is C#CCNCC(=O)N1CCN(C(C)C)CC1. The van der Waals surface area contributed by atoms with Crippen LogP contribution in [-0.2, 0) is 4.79 Å². The Bertz CT molecular complexity index is 262. The van der Waals surface area contributed by atoms with E-state index >= 15 is 0 Å². The summed E-state index contributed by atoms with van der Waals surface area (Å²) >= 11 is 0. The molecule has 0 bridgehead atoms. The maximum absolute atomic E-state index is 11.7. The highest BCUT2D eigenvalue weighted by Crippen LogP contribution is 2.05. The van der Waals surface area contributed by atoms with Crippen molar-refractivity contribution >= 4 is 5.91 Å². The summed E-state index contributed by atoms with van der Waals surface area (Å²) in [4.78, 5) is 16.0. The van der Waals surface area contributed by atoms with Crippen LogP contribution in [0.2, 0.25) is 0 Å². The summed E-state index contributed by atoms with van der Waals surface area (Å²) in [7, 11) is 0. The third-order valence-corrected chi connectivity index (χ3v) is 2.90. The molecule has 4 heteroatoms. The van der Waals surface area contributed by atoms with Gasteiger partial charge in [-0.1, -0.05) is 5.92 Å². The van der Waals surface area contributed by atoms with E-state index in [9.17, 15) is 4.79 Å². The Balaban J connectivity index is 2.25. The molecule has 0 aromatic rings. The minimum absolute atomic E-state index is 0.152. The lowest BCUT2D eigenvalue weighted by Crippen LogP contribution is -2.52. The minimum Gasteiger partial charge on any atom is -0.339 e. The third kappa shape index (κ3) is 3.84. The Labute approximate surface area is 98.0 Å². The largest absolute Gasteiger partial charge is 0.339 e. The van der Waals surface area contributed by atoms with Gasteiger partial charge >= 0.3 is 0 Å². The van der Waals surface area contributed by atoms with E-state index in [1.165, 1.54) is 0 Å². The van der Waals surface area contributed by atoms with E-state index in [2.05, 4.69) is 30.0 Å². The fourth-order valence-corrected chi connectivity index (χ4v) is 1.84. The van der Waals surface area contributed by atoms with Crippen molar-refractivity contribution in [3.63, 3.8) is 0 Å². The average Bonchev–Trinajstić information content (AvgIpc) is 2.29. The Morgan fingerprint density at radius 1 is 1.38 bits per heavy atom. The Morgan fingerprint density at radius 3 is 2.50 bits per heavy atom. The topological polar surface area (TPSA) is 35.6 Å². The molecular weight excluding hydrogens is 202 g/mol. The van der Waals surface area contributed by atoms with Crippen molar-refractivity contribution < 1.29 is 4.79 Å². The number of rotatable bonds is 4. The minimum atomic E-state index is 0.152. The van der Waals surface area contributed by atoms with E-state index in [1.807, 2.05) is 4.90 Å². The van der Waals surface area contributed by atoms with Gasteiger partial charge in [-0.15, -0.1) is 6.42 Å². The molecule has 1 heterocycles. The molecule has 1 fully saturated rings. The van der Waals surface area contributed by atoms with Crippen molar-refractivity contribution in [2.45, 2.75) is 19.9 Å². The Hall–Kier alpha value is -1.05. The summed E-state index contributed by atoms with van der Waals surface area (Å²) in [6.45, 7) is 8.78. The molecule has 4 nitrogen and oxygen atoms in total. The van der Waals surface area contributed by atoms with Crippen LogP contribution in [0.1, 0.15) is 13.8 Å². The van der Waals surface area contributed by atoms with E-state index in [4.69, 9.17) is 6.42 Å². The first-order valence-corrected chi connectivity index (χ1v) is 5.81. The van der Waals surface area contributed by atoms with E-state index in [0.717, 1.165) is 26.2 Å². The van der Waals surface area contributed by atoms with Crippen molar-refractivity contribution in [1.29, 1.82) is 0 Å². The molecule has 1 aliphatic heterocycles. The first kappa shape index (κ1) is 13.0. The summed E-state index contributed by atoms with van der Waals surface area (Å²) in [5.74, 6) is 2.61. The maximum atomic E-state index is 11.7. The van der Waals surface area contributed by atoms with Crippen molar-refractivity contribution in [2.75, 3.05) is 39.3 Å². The molecule has 0 aliphatic carbocycles. The normalized spacial score (nSPS) is 17.5. The molecule has 1 aliphatic rings. The lowest BCUT2D eigenvalue weighted by Gasteiger charge is -2.36. The quantitative estimate of drug-likeness (QED) is 0.528. The zero-order valence-electron chi connectivity index (χ0n) is 10.2. The lowest BCUT2D eigenvalue weighted by molar-refractivity contribution is -0.132. The van der Waals surface area contributed by atoms with Gasteiger partial charge < -0.3 is 4.90 Å². The number of nitrogens with one attached hydrogen (secondary N) is 1.